The zero-order chi connectivity index (χ0) is 21.9. The van der Waals surface area contributed by atoms with E-state index in [4.69, 9.17) is 0 Å². The lowest BCUT2D eigenvalue weighted by Gasteiger charge is -2.24. The van der Waals surface area contributed by atoms with Crippen molar-refractivity contribution >= 4 is 43.2 Å². The van der Waals surface area contributed by atoms with Crippen molar-refractivity contribution in [1.82, 2.24) is 0 Å². The highest BCUT2D eigenvalue weighted by atomic mass is 79.9. The number of sulfonamides is 1. The highest BCUT2D eigenvalue weighted by Crippen LogP contribution is 2.27. The van der Waals surface area contributed by atoms with Crippen molar-refractivity contribution < 1.29 is 13.2 Å². The van der Waals surface area contributed by atoms with Crippen LogP contribution in [0.5, 0.6) is 0 Å². The molecule has 0 aliphatic heterocycles. The van der Waals surface area contributed by atoms with E-state index in [0.29, 0.717) is 11.4 Å². The van der Waals surface area contributed by atoms with Gasteiger partial charge in [0.2, 0.25) is 5.91 Å². The fraction of sp³-hybridized carbons (Fsp3) is 0.174. The number of hydrogen-bond acceptors (Lipinski definition) is 3. The predicted octanol–water partition coefficient (Wildman–Crippen LogP) is 5.21. The largest absolute Gasteiger partial charge is 0.324 e. The molecule has 0 unspecified atom stereocenters. The van der Waals surface area contributed by atoms with Crippen molar-refractivity contribution in [2.24, 2.45) is 0 Å². The molecule has 3 aromatic carbocycles. The molecule has 0 aromatic heterocycles. The Hall–Kier alpha value is -2.64. The fourth-order valence-corrected chi connectivity index (χ4v) is 4.79. The van der Waals surface area contributed by atoms with Crippen molar-refractivity contribution in [2.75, 3.05) is 16.2 Å². The van der Waals surface area contributed by atoms with E-state index in [1.807, 2.05) is 32.9 Å². The van der Waals surface area contributed by atoms with E-state index in [-0.39, 0.29) is 11.4 Å². The summed E-state index contributed by atoms with van der Waals surface area (Å²) in [6.45, 7) is 5.42. The third-order valence-electron chi connectivity index (χ3n) is 4.87. The third kappa shape index (κ3) is 4.91. The van der Waals surface area contributed by atoms with E-state index in [2.05, 4.69) is 21.2 Å². The normalized spacial score (nSPS) is 11.2. The van der Waals surface area contributed by atoms with Crippen LogP contribution >= 0.6 is 15.9 Å². The van der Waals surface area contributed by atoms with E-state index < -0.39 is 15.9 Å². The monoisotopic (exact) mass is 486 g/mol. The van der Waals surface area contributed by atoms with Gasteiger partial charge in [-0.05, 0) is 68.3 Å². The van der Waals surface area contributed by atoms with Crippen molar-refractivity contribution in [3.8, 4) is 0 Å². The van der Waals surface area contributed by atoms with Gasteiger partial charge >= 0.3 is 0 Å². The summed E-state index contributed by atoms with van der Waals surface area (Å²) in [5.74, 6) is -0.417. The number of halogens is 1. The Labute approximate surface area is 185 Å². The number of amides is 1. The van der Waals surface area contributed by atoms with Crippen molar-refractivity contribution in [3.63, 3.8) is 0 Å². The summed E-state index contributed by atoms with van der Waals surface area (Å²) in [6.07, 6.45) is 0. The molecule has 0 aliphatic rings. The molecule has 0 heterocycles. The zero-order valence-electron chi connectivity index (χ0n) is 17.0. The lowest BCUT2D eigenvalue weighted by molar-refractivity contribution is -0.114. The molecule has 5 nitrogen and oxygen atoms in total. The lowest BCUT2D eigenvalue weighted by atomic mass is 10.1. The molecule has 0 saturated carbocycles. The Balaban J connectivity index is 1.97. The molecule has 0 fully saturated rings. The molecule has 1 N–H and O–H groups in total. The van der Waals surface area contributed by atoms with Crippen LogP contribution in [0.3, 0.4) is 0 Å². The molecule has 7 heteroatoms. The number of nitrogens with one attached hydrogen (secondary N) is 1. The summed E-state index contributed by atoms with van der Waals surface area (Å²) in [7, 11) is -3.94. The average Bonchev–Trinajstić information content (AvgIpc) is 2.70. The number of aryl methyl sites for hydroxylation is 2. The predicted molar refractivity (Wildman–Crippen MR) is 124 cm³/mol. The highest BCUT2D eigenvalue weighted by molar-refractivity contribution is 9.10. The standard InChI is InChI=1S/C23H23BrN2O3S/c1-16-10-12-21(13-11-16)30(28,29)26(20-8-5-7-19(24)14-20)15-23(27)25-22-9-4-6-17(2)18(22)3/h4-14H,15H2,1-3H3,(H,25,27). The number of rotatable bonds is 6. The van der Waals surface area contributed by atoms with Gasteiger partial charge in [-0.25, -0.2) is 8.42 Å². The van der Waals surface area contributed by atoms with Crippen molar-refractivity contribution in [1.29, 1.82) is 0 Å². The second-order valence-electron chi connectivity index (χ2n) is 7.10. The molecule has 0 radical (unpaired) electrons. The zero-order valence-corrected chi connectivity index (χ0v) is 19.4. The number of hydrogen-bond donors (Lipinski definition) is 1. The van der Waals surface area contributed by atoms with Gasteiger partial charge in [-0.1, -0.05) is 51.8 Å². The summed E-state index contributed by atoms with van der Waals surface area (Å²) in [5, 5.41) is 2.84. The second kappa shape index (κ2) is 9.02. The van der Waals surface area contributed by atoms with Gasteiger partial charge in [0.25, 0.3) is 10.0 Å². The summed E-state index contributed by atoms with van der Waals surface area (Å²) < 4.78 is 28.6. The van der Waals surface area contributed by atoms with Gasteiger partial charge in [0.05, 0.1) is 10.6 Å². The molecule has 0 saturated heterocycles. The first-order valence-electron chi connectivity index (χ1n) is 9.39. The van der Waals surface area contributed by atoms with Crippen LogP contribution in [0.4, 0.5) is 11.4 Å². The Morgan fingerprint density at radius 3 is 2.30 bits per heavy atom. The van der Waals surface area contributed by atoms with E-state index in [9.17, 15) is 13.2 Å². The first-order chi connectivity index (χ1) is 14.2. The van der Waals surface area contributed by atoms with Crippen LogP contribution in [0.25, 0.3) is 0 Å². The Morgan fingerprint density at radius 2 is 1.63 bits per heavy atom. The number of carbonyl (C=O) groups is 1. The smallest absolute Gasteiger partial charge is 0.264 e. The summed E-state index contributed by atoms with van der Waals surface area (Å²) >= 11 is 3.38. The van der Waals surface area contributed by atoms with E-state index >= 15 is 0 Å². The van der Waals surface area contributed by atoms with Crippen LogP contribution in [0.2, 0.25) is 0 Å². The van der Waals surface area contributed by atoms with E-state index in [1.165, 1.54) is 0 Å². The van der Waals surface area contributed by atoms with Gasteiger partial charge < -0.3 is 5.32 Å². The highest BCUT2D eigenvalue weighted by Gasteiger charge is 2.27. The average molecular weight is 487 g/mol. The van der Waals surface area contributed by atoms with Crippen LogP contribution in [-0.4, -0.2) is 20.9 Å². The van der Waals surface area contributed by atoms with Crippen molar-refractivity contribution in [2.45, 2.75) is 25.7 Å². The fourth-order valence-electron chi connectivity index (χ4n) is 2.99. The molecule has 156 valence electrons. The number of anilines is 2. The van der Waals surface area contributed by atoms with Gasteiger partial charge in [0.15, 0.2) is 0 Å². The summed E-state index contributed by atoms with van der Waals surface area (Å²) in [5.41, 5.74) is 4.02. The number of nitrogens with zero attached hydrogens (tertiary/aromatic N) is 1. The minimum absolute atomic E-state index is 0.132. The van der Waals surface area contributed by atoms with Crippen LogP contribution < -0.4 is 9.62 Å². The molecular weight excluding hydrogens is 464 g/mol. The third-order valence-corrected chi connectivity index (χ3v) is 7.15. The summed E-state index contributed by atoms with van der Waals surface area (Å²) in [4.78, 5) is 13.0. The van der Waals surface area contributed by atoms with E-state index in [0.717, 1.165) is 25.5 Å². The molecule has 0 aliphatic carbocycles. The lowest BCUT2D eigenvalue weighted by Crippen LogP contribution is -2.38. The SMILES string of the molecule is Cc1ccc(S(=O)(=O)N(CC(=O)Nc2cccc(C)c2C)c2cccc(Br)c2)cc1. The Kier molecular flexibility index (Phi) is 6.63. The van der Waals surface area contributed by atoms with Crippen LogP contribution in [0.15, 0.2) is 76.1 Å². The van der Waals surface area contributed by atoms with Crippen LogP contribution in [-0.2, 0) is 14.8 Å². The topological polar surface area (TPSA) is 66.5 Å². The molecule has 0 bridgehead atoms. The number of benzene rings is 3. The minimum Gasteiger partial charge on any atom is -0.324 e. The first kappa shape index (κ1) is 22.1. The van der Waals surface area contributed by atoms with Gasteiger partial charge in [0, 0.05) is 10.2 Å². The van der Waals surface area contributed by atoms with Gasteiger partial charge in [-0.3, -0.25) is 9.10 Å². The molecule has 0 spiro atoms. The first-order valence-corrected chi connectivity index (χ1v) is 11.6. The molecule has 3 rings (SSSR count). The Bertz CT molecular complexity index is 1180. The van der Waals surface area contributed by atoms with Gasteiger partial charge in [-0.2, -0.15) is 0 Å². The molecule has 3 aromatic rings. The number of carbonyl (C=O) groups excluding carboxylic acids is 1. The molecule has 1 amide bonds. The van der Waals surface area contributed by atoms with Crippen molar-refractivity contribution in [3.05, 3.63) is 87.9 Å². The molecule has 30 heavy (non-hydrogen) atoms. The second-order valence-corrected chi connectivity index (χ2v) is 9.88. The maximum Gasteiger partial charge on any atom is 0.264 e. The van der Waals surface area contributed by atoms with Crippen LogP contribution in [0.1, 0.15) is 16.7 Å². The van der Waals surface area contributed by atoms with Gasteiger partial charge in [0.1, 0.15) is 6.54 Å². The van der Waals surface area contributed by atoms with E-state index in [1.54, 1.807) is 54.6 Å². The maximum atomic E-state index is 13.4. The molecule has 0 atom stereocenters. The molecular formula is C23H23BrN2O3S. The maximum absolute atomic E-state index is 13.4. The van der Waals surface area contributed by atoms with Crippen LogP contribution in [0, 0.1) is 20.8 Å². The minimum atomic E-state index is -3.94. The van der Waals surface area contributed by atoms with Gasteiger partial charge in [-0.15, -0.1) is 0 Å². The quantitative estimate of drug-likeness (QED) is 0.519. The summed E-state index contributed by atoms with van der Waals surface area (Å²) in [6, 6.07) is 19.1. The Morgan fingerprint density at radius 1 is 0.967 bits per heavy atom.